The molecule has 0 amide bonds. The molecule has 1 aliphatic heterocycles. The fraction of sp³-hybridized carbons (Fsp3) is 0.643. The highest BCUT2D eigenvalue weighted by Crippen LogP contribution is 2.23. The first-order valence-corrected chi connectivity index (χ1v) is 6.65. The van der Waals surface area contributed by atoms with Gasteiger partial charge in [0.1, 0.15) is 17.9 Å². The highest BCUT2D eigenvalue weighted by atomic mass is 16.1. The summed E-state index contributed by atoms with van der Waals surface area (Å²) in [5.41, 5.74) is 1.08. The third-order valence-electron chi connectivity index (χ3n) is 3.66. The Labute approximate surface area is 108 Å². The Balaban J connectivity index is 2.05. The Morgan fingerprint density at radius 2 is 2.00 bits per heavy atom. The van der Waals surface area contributed by atoms with E-state index in [1.165, 1.54) is 0 Å². The first kappa shape index (κ1) is 13.0. The molecule has 18 heavy (non-hydrogen) atoms. The lowest BCUT2D eigenvalue weighted by molar-refractivity contribution is -0.121. The number of hydrogen-bond acceptors (Lipinski definition) is 4. The molecular weight excluding hydrogens is 226 g/mol. The molecule has 0 spiro atoms. The molecule has 0 aliphatic carbocycles. The molecule has 0 atom stereocenters. The number of hydrogen-bond donors (Lipinski definition) is 0. The van der Waals surface area contributed by atoms with Gasteiger partial charge in [0.2, 0.25) is 0 Å². The normalized spacial score (nSPS) is 17.2. The van der Waals surface area contributed by atoms with Crippen LogP contribution in [0, 0.1) is 5.92 Å². The Morgan fingerprint density at radius 3 is 2.56 bits per heavy atom. The van der Waals surface area contributed by atoms with Crippen molar-refractivity contribution in [3.05, 3.63) is 18.1 Å². The molecule has 1 aliphatic rings. The summed E-state index contributed by atoms with van der Waals surface area (Å²) in [6.45, 7) is 7.79. The van der Waals surface area contributed by atoms with E-state index in [0.29, 0.717) is 11.7 Å². The Morgan fingerprint density at radius 1 is 1.33 bits per heavy atom. The monoisotopic (exact) mass is 247 g/mol. The van der Waals surface area contributed by atoms with E-state index in [2.05, 4.69) is 34.8 Å². The maximum Gasteiger partial charge on any atom is 0.133 e. The summed E-state index contributed by atoms with van der Waals surface area (Å²) in [5, 5.41) is 0. The quantitative estimate of drug-likeness (QED) is 0.823. The van der Waals surface area contributed by atoms with Gasteiger partial charge in [-0.05, 0) is 25.7 Å². The average molecular weight is 247 g/mol. The number of rotatable bonds is 3. The minimum Gasteiger partial charge on any atom is -0.356 e. The average Bonchev–Trinajstić information content (AvgIpc) is 2.39. The lowest BCUT2D eigenvalue weighted by Gasteiger charge is -2.31. The van der Waals surface area contributed by atoms with Crippen molar-refractivity contribution in [2.45, 2.75) is 39.5 Å². The van der Waals surface area contributed by atoms with Crippen LogP contribution in [-0.4, -0.2) is 28.8 Å². The maximum absolute atomic E-state index is 11.3. The second kappa shape index (κ2) is 5.46. The molecule has 1 fully saturated rings. The Bertz CT molecular complexity index is 423. The van der Waals surface area contributed by atoms with Crippen molar-refractivity contribution in [2.24, 2.45) is 5.92 Å². The third-order valence-corrected chi connectivity index (χ3v) is 3.66. The summed E-state index contributed by atoms with van der Waals surface area (Å²) >= 11 is 0. The largest absolute Gasteiger partial charge is 0.356 e. The van der Waals surface area contributed by atoms with Gasteiger partial charge in [-0.3, -0.25) is 4.79 Å². The number of piperidine rings is 1. The van der Waals surface area contributed by atoms with Gasteiger partial charge in [-0.2, -0.15) is 0 Å². The molecule has 4 nitrogen and oxygen atoms in total. The number of Topliss-reactive ketones (excluding diaryl/α,β-unsaturated/α-hetero) is 1. The first-order valence-electron chi connectivity index (χ1n) is 6.65. The molecule has 98 valence electrons. The minimum atomic E-state index is 0.243. The summed E-state index contributed by atoms with van der Waals surface area (Å²) in [7, 11) is 0. The van der Waals surface area contributed by atoms with Crippen LogP contribution in [0.3, 0.4) is 0 Å². The standard InChI is InChI=1S/C14H21N3O/c1-10(2)13-8-14(16-9-15-13)17-6-4-12(5-7-17)11(3)18/h8-10,12H,4-7H2,1-3H3. The van der Waals surface area contributed by atoms with Crippen LogP contribution in [0.15, 0.2) is 12.4 Å². The van der Waals surface area contributed by atoms with Gasteiger partial charge < -0.3 is 4.90 Å². The van der Waals surface area contributed by atoms with Crippen molar-refractivity contribution in [3.63, 3.8) is 0 Å². The second-order valence-corrected chi connectivity index (χ2v) is 5.33. The molecule has 2 heterocycles. The van der Waals surface area contributed by atoms with Gasteiger partial charge in [0.25, 0.3) is 0 Å². The lowest BCUT2D eigenvalue weighted by Crippen LogP contribution is -2.36. The van der Waals surface area contributed by atoms with E-state index in [0.717, 1.165) is 37.4 Å². The minimum absolute atomic E-state index is 0.243. The van der Waals surface area contributed by atoms with E-state index in [4.69, 9.17) is 0 Å². The molecule has 0 saturated carbocycles. The topological polar surface area (TPSA) is 46.1 Å². The van der Waals surface area contributed by atoms with E-state index in [1.807, 2.05) is 0 Å². The van der Waals surface area contributed by atoms with E-state index in [9.17, 15) is 4.79 Å². The van der Waals surface area contributed by atoms with Crippen LogP contribution in [-0.2, 0) is 4.79 Å². The predicted molar refractivity (Wildman–Crippen MR) is 71.7 cm³/mol. The predicted octanol–water partition coefficient (Wildman–Crippen LogP) is 2.41. The lowest BCUT2D eigenvalue weighted by atomic mass is 9.93. The highest BCUT2D eigenvalue weighted by molar-refractivity contribution is 5.78. The molecule has 2 rings (SSSR count). The highest BCUT2D eigenvalue weighted by Gasteiger charge is 2.23. The molecular formula is C14H21N3O. The number of ketones is 1. The van der Waals surface area contributed by atoms with Crippen LogP contribution in [0.25, 0.3) is 0 Å². The summed E-state index contributed by atoms with van der Waals surface area (Å²) in [5.74, 6) is 1.98. The van der Waals surface area contributed by atoms with Crippen molar-refractivity contribution < 1.29 is 4.79 Å². The van der Waals surface area contributed by atoms with Crippen molar-refractivity contribution >= 4 is 11.6 Å². The van der Waals surface area contributed by atoms with Crippen molar-refractivity contribution in [1.82, 2.24) is 9.97 Å². The molecule has 1 aromatic rings. The van der Waals surface area contributed by atoms with Crippen molar-refractivity contribution in [1.29, 1.82) is 0 Å². The van der Waals surface area contributed by atoms with Crippen LogP contribution in [0.2, 0.25) is 0 Å². The Hall–Kier alpha value is -1.45. The van der Waals surface area contributed by atoms with E-state index in [1.54, 1.807) is 13.3 Å². The third kappa shape index (κ3) is 2.86. The molecule has 0 N–H and O–H groups in total. The van der Waals surface area contributed by atoms with Crippen LogP contribution in [0.5, 0.6) is 0 Å². The summed E-state index contributed by atoms with van der Waals surface area (Å²) < 4.78 is 0. The van der Waals surface area contributed by atoms with Gasteiger partial charge in [-0.15, -0.1) is 0 Å². The van der Waals surface area contributed by atoms with Gasteiger partial charge in [0.05, 0.1) is 0 Å². The van der Waals surface area contributed by atoms with E-state index < -0.39 is 0 Å². The zero-order valence-corrected chi connectivity index (χ0v) is 11.4. The zero-order valence-electron chi connectivity index (χ0n) is 11.4. The maximum atomic E-state index is 11.3. The number of nitrogens with zero attached hydrogens (tertiary/aromatic N) is 3. The van der Waals surface area contributed by atoms with Gasteiger partial charge >= 0.3 is 0 Å². The van der Waals surface area contributed by atoms with Crippen LogP contribution < -0.4 is 4.90 Å². The molecule has 0 unspecified atom stereocenters. The van der Waals surface area contributed by atoms with Crippen LogP contribution in [0.1, 0.15) is 45.2 Å². The van der Waals surface area contributed by atoms with Crippen molar-refractivity contribution in [2.75, 3.05) is 18.0 Å². The van der Waals surface area contributed by atoms with Gasteiger partial charge in [-0.1, -0.05) is 13.8 Å². The number of carbonyl (C=O) groups excluding carboxylic acids is 1. The SMILES string of the molecule is CC(=O)C1CCN(c2cc(C(C)C)ncn2)CC1. The smallest absolute Gasteiger partial charge is 0.133 e. The number of aromatic nitrogens is 2. The van der Waals surface area contributed by atoms with Gasteiger partial charge in [-0.25, -0.2) is 9.97 Å². The van der Waals surface area contributed by atoms with Gasteiger partial charge in [0, 0.05) is 30.8 Å². The molecule has 0 aromatic carbocycles. The first-order chi connectivity index (χ1) is 8.58. The molecule has 1 saturated heterocycles. The Kier molecular flexibility index (Phi) is 3.94. The zero-order chi connectivity index (χ0) is 13.1. The summed E-state index contributed by atoms with van der Waals surface area (Å²) in [4.78, 5) is 22.2. The van der Waals surface area contributed by atoms with E-state index in [-0.39, 0.29) is 5.92 Å². The molecule has 0 radical (unpaired) electrons. The number of anilines is 1. The molecule has 0 bridgehead atoms. The van der Waals surface area contributed by atoms with Crippen LogP contribution >= 0.6 is 0 Å². The fourth-order valence-corrected chi connectivity index (χ4v) is 2.37. The molecule has 4 heteroatoms. The fourth-order valence-electron chi connectivity index (χ4n) is 2.37. The number of carbonyl (C=O) groups is 1. The second-order valence-electron chi connectivity index (χ2n) is 5.33. The van der Waals surface area contributed by atoms with Crippen LogP contribution in [0.4, 0.5) is 5.82 Å². The van der Waals surface area contributed by atoms with Gasteiger partial charge in [0.15, 0.2) is 0 Å². The molecule has 1 aromatic heterocycles. The van der Waals surface area contributed by atoms with Crippen molar-refractivity contribution in [3.8, 4) is 0 Å². The summed E-state index contributed by atoms with van der Waals surface area (Å²) in [6, 6.07) is 2.07. The summed E-state index contributed by atoms with van der Waals surface area (Å²) in [6.07, 6.45) is 3.52. The van der Waals surface area contributed by atoms with E-state index >= 15 is 0 Å².